The lowest BCUT2D eigenvalue weighted by molar-refractivity contribution is -0.137. The number of aromatic nitrogens is 2. The number of alkyl halides is 3. The smallest absolute Gasteiger partial charge is 0.325 e. The molecule has 2 aromatic rings. The molecule has 0 aliphatic carbocycles. The lowest BCUT2D eigenvalue weighted by Crippen LogP contribution is -2.41. The summed E-state index contributed by atoms with van der Waals surface area (Å²) in [5, 5.41) is 6.41. The van der Waals surface area contributed by atoms with Crippen LogP contribution >= 0.6 is 11.6 Å². The van der Waals surface area contributed by atoms with Crippen molar-refractivity contribution in [3.05, 3.63) is 46.7 Å². The highest BCUT2D eigenvalue weighted by molar-refractivity contribution is 6.31. The Hall–Kier alpha value is -2.22. The van der Waals surface area contributed by atoms with Gasteiger partial charge in [0.05, 0.1) is 16.8 Å². The summed E-state index contributed by atoms with van der Waals surface area (Å²) in [6.45, 7) is 3.89. The van der Waals surface area contributed by atoms with Crippen molar-refractivity contribution in [2.24, 2.45) is 5.92 Å². The largest absolute Gasteiger partial charge is 0.417 e. The van der Waals surface area contributed by atoms with E-state index in [1.807, 2.05) is 24.0 Å². The number of benzene rings is 1. The fourth-order valence-electron chi connectivity index (χ4n) is 3.17. The van der Waals surface area contributed by atoms with Crippen LogP contribution in [-0.2, 0) is 12.7 Å². The lowest BCUT2D eigenvalue weighted by atomic mass is 9.97. The summed E-state index contributed by atoms with van der Waals surface area (Å²) in [6.07, 6.45) is 0.865. The Balaban J connectivity index is 1.55. The van der Waals surface area contributed by atoms with E-state index in [-0.39, 0.29) is 5.69 Å². The Kier molecular flexibility index (Phi) is 5.64. The zero-order valence-corrected chi connectivity index (χ0v) is 15.5. The van der Waals surface area contributed by atoms with Crippen LogP contribution in [0.4, 0.5) is 23.7 Å². The first kappa shape index (κ1) is 19.5. The molecule has 0 unspecified atom stereocenters. The third kappa shape index (κ3) is 4.94. The molecule has 27 heavy (non-hydrogen) atoms. The lowest BCUT2D eigenvalue weighted by Gasteiger charge is -2.32. The zero-order chi connectivity index (χ0) is 19.6. The quantitative estimate of drug-likeness (QED) is 0.804. The highest BCUT2D eigenvalue weighted by atomic mass is 35.5. The average molecular weight is 401 g/mol. The van der Waals surface area contributed by atoms with Crippen LogP contribution in [0.5, 0.6) is 0 Å². The molecule has 0 atom stereocenters. The van der Waals surface area contributed by atoms with Crippen molar-refractivity contribution in [3.63, 3.8) is 0 Å². The number of carbonyl (C=O) groups excluding carboxylic acids is 1. The van der Waals surface area contributed by atoms with Gasteiger partial charge >= 0.3 is 12.2 Å². The maximum atomic E-state index is 12.9. The monoisotopic (exact) mass is 400 g/mol. The summed E-state index contributed by atoms with van der Waals surface area (Å²) in [5.74, 6) is 0.417. The number of halogens is 4. The second-order valence-electron chi connectivity index (χ2n) is 6.79. The Morgan fingerprint density at radius 2 is 2.04 bits per heavy atom. The van der Waals surface area contributed by atoms with Crippen LogP contribution < -0.4 is 5.32 Å². The number of rotatable bonds is 3. The Labute approximate surface area is 160 Å². The number of likely N-dealkylation sites (tertiary alicyclic amines) is 1. The van der Waals surface area contributed by atoms with Crippen molar-refractivity contribution in [2.75, 3.05) is 18.4 Å². The molecule has 0 saturated carbocycles. The van der Waals surface area contributed by atoms with Gasteiger partial charge in [0.15, 0.2) is 0 Å². The zero-order valence-electron chi connectivity index (χ0n) is 14.8. The fourth-order valence-corrected chi connectivity index (χ4v) is 3.40. The van der Waals surface area contributed by atoms with Crippen molar-refractivity contribution < 1.29 is 18.0 Å². The van der Waals surface area contributed by atoms with Crippen molar-refractivity contribution in [2.45, 2.75) is 32.5 Å². The van der Waals surface area contributed by atoms with Gasteiger partial charge in [0.1, 0.15) is 0 Å². The molecule has 0 spiro atoms. The number of nitrogens with zero attached hydrogens (tertiary/aromatic N) is 3. The van der Waals surface area contributed by atoms with Crippen molar-refractivity contribution in [1.29, 1.82) is 0 Å². The SMILES string of the molecule is Cc1cnn(CC2CCN(C(=O)Nc3ccc(Cl)c(C(F)(F)F)c3)CC2)c1. The van der Waals surface area contributed by atoms with Crippen LogP contribution in [0.2, 0.25) is 5.02 Å². The Bertz CT molecular complexity index is 813. The van der Waals surface area contributed by atoms with Crippen molar-refractivity contribution >= 4 is 23.3 Å². The third-order valence-corrected chi connectivity index (χ3v) is 4.96. The van der Waals surface area contributed by atoms with Crippen molar-refractivity contribution in [3.8, 4) is 0 Å². The summed E-state index contributed by atoms with van der Waals surface area (Å²) < 4.78 is 40.7. The molecule has 1 N–H and O–H groups in total. The van der Waals surface area contributed by atoms with Gasteiger partial charge < -0.3 is 10.2 Å². The van der Waals surface area contributed by atoms with E-state index in [4.69, 9.17) is 11.6 Å². The highest BCUT2D eigenvalue weighted by Crippen LogP contribution is 2.36. The van der Waals surface area contributed by atoms with Gasteiger partial charge in [-0.25, -0.2) is 4.79 Å². The Morgan fingerprint density at radius 3 is 2.63 bits per heavy atom. The maximum Gasteiger partial charge on any atom is 0.417 e. The van der Waals surface area contributed by atoms with Gasteiger partial charge in [0.2, 0.25) is 0 Å². The predicted molar refractivity (Wildman–Crippen MR) is 96.7 cm³/mol. The van der Waals surface area contributed by atoms with Gasteiger partial charge in [-0.1, -0.05) is 11.6 Å². The summed E-state index contributed by atoms with van der Waals surface area (Å²) in [7, 11) is 0. The second kappa shape index (κ2) is 7.80. The number of nitrogens with one attached hydrogen (secondary N) is 1. The second-order valence-corrected chi connectivity index (χ2v) is 7.20. The summed E-state index contributed by atoms with van der Waals surface area (Å²) in [5.41, 5.74) is 0.217. The summed E-state index contributed by atoms with van der Waals surface area (Å²) in [4.78, 5) is 14.0. The molecule has 1 saturated heterocycles. The topological polar surface area (TPSA) is 50.2 Å². The molecule has 0 bridgehead atoms. The number of amides is 2. The van der Waals surface area contributed by atoms with E-state index >= 15 is 0 Å². The van der Waals surface area contributed by atoms with Crippen LogP contribution in [0.25, 0.3) is 0 Å². The number of piperidine rings is 1. The normalized spacial score (nSPS) is 15.8. The van der Waals surface area contributed by atoms with Gasteiger partial charge in [-0.2, -0.15) is 18.3 Å². The molecule has 1 aliphatic heterocycles. The van der Waals surface area contributed by atoms with E-state index in [2.05, 4.69) is 10.4 Å². The van der Waals surface area contributed by atoms with Gasteiger partial charge in [-0.05, 0) is 49.4 Å². The number of hydrogen-bond acceptors (Lipinski definition) is 2. The predicted octanol–water partition coefficient (Wildman–Crippen LogP) is 4.81. The molecule has 146 valence electrons. The number of carbonyl (C=O) groups is 1. The van der Waals surface area contributed by atoms with E-state index in [9.17, 15) is 18.0 Å². The molecule has 2 amide bonds. The van der Waals surface area contributed by atoms with Crippen LogP contribution in [0, 0.1) is 12.8 Å². The molecule has 0 radical (unpaired) electrons. The number of aryl methyl sites for hydroxylation is 1. The Morgan fingerprint density at radius 1 is 1.33 bits per heavy atom. The van der Waals surface area contributed by atoms with Crippen LogP contribution in [-0.4, -0.2) is 33.8 Å². The van der Waals surface area contributed by atoms with Crippen LogP contribution in [0.1, 0.15) is 24.0 Å². The fraction of sp³-hybridized carbons (Fsp3) is 0.444. The molecule has 1 aliphatic rings. The van der Waals surface area contributed by atoms with Crippen molar-refractivity contribution in [1.82, 2.24) is 14.7 Å². The number of urea groups is 1. The van der Waals surface area contributed by atoms with Gasteiger partial charge in [0, 0.05) is 31.5 Å². The van der Waals surface area contributed by atoms with Crippen LogP contribution in [0.15, 0.2) is 30.6 Å². The molecule has 2 heterocycles. The molecule has 1 fully saturated rings. The molecule has 1 aromatic heterocycles. The molecule has 5 nitrogen and oxygen atoms in total. The van der Waals surface area contributed by atoms with Gasteiger partial charge in [-0.15, -0.1) is 0 Å². The van der Waals surface area contributed by atoms with Gasteiger partial charge in [-0.3, -0.25) is 4.68 Å². The minimum atomic E-state index is -4.57. The van der Waals surface area contributed by atoms with E-state index in [1.54, 1.807) is 4.90 Å². The van der Waals surface area contributed by atoms with E-state index < -0.39 is 22.8 Å². The minimum Gasteiger partial charge on any atom is -0.325 e. The van der Waals surface area contributed by atoms with E-state index in [1.165, 1.54) is 6.07 Å². The number of hydrogen-bond donors (Lipinski definition) is 1. The van der Waals surface area contributed by atoms with Crippen LogP contribution in [0.3, 0.4) is 0 Å². The molecule has 1 aromatic carbocycles. The maximum absolute atomic E-state index is 12.9. The highest BCUT2D eigenvalue weighted by Gasteiger charge is 2.33. The molecule has 3 rings (SSSR count). The standard InChI is InChI=1S/C18H20ClF3N4O/c1-12-9-23-26(10-12)11-13-4-6-25(7-5-13)17(27)24-14-2-3-16(19)15(8-14)18(20,21)22/h2-3,8-10,13H,4-7,11H2,1H3,(H,24,27). The van der Waals surface area contributed by atoms with E-state index in [0.29, 0.717) is 19.0 Å². The summed E-state index contributed by atoms with van der Waals surface area (Å²) in [6, 6.07) is 2.95. The molecular formula is C18H20ClF3N4O. The first-order valence-electron chi connectivity index (χ1n) is 8.64. The van der Waals surface area contributed by atoms with E-state index in [0.717, 1.165) is 37.1 Å². The third-order valence-electron chi connectivity index (χ3n) is 4.63. The molecular weight excluding hydrogens is 381 g/mol. The van der Waals surface area contributed by atoms with Gasteiger partial charge in [0.25, 0.3) is 0 Å². The first-order chi connectivity index (χ1) is 12.7. The summed E-state index contributed by atoms with van der Waals surface area (Å²) >= 11 is 5.60. The number of anilines is 1. The average Bonchev–Trinajstić information content (AvgIpc) is 3.01. The minimum absolute atomic E-state index is 0.0749. The first-order valence-corrected chi connectivity index (χ1v) is 9.02. The molecule has 9 heteroatoms.